The molecule has 1 aliphatic rings. The minimum Gasteiger partial charge on any atom is -0.480 e. The molecule has 7 heteroatoms. The van der Waals surface area contributed by atoms with Gasteiger partial charge >= 0.3 is 11.9 Å². The van der Waals surface area contributed by atoms with E-state index in [1.54, 1.807) is 6.07 Å². The number of nitrogens with one attached hydrogen (secondary N) is 1. The summed E-state index contributed by atoms with van der Waals surface area (Å²) >= 11 is 0. The number of likely N-dealkylation sites (N-methyl/N-ethyl adjacent to an activating group) is 1. The number of carbonyl (C=O) groups is 2. The van der Waals surface area contributed by atoms with E-state index >= 15 is 0 Å². The zero-order valence-corrected chi connectivity index (χ0v) is 12.9. The Labute approximate surface area is 129 Å². The van der Waals surface area contributed by atoms with E-state index in [9.17, 15) is 9.59 Å². The molecule has 0 bridgehead atoms. The van der Waals surface area contributed by atoms with Crippen molar-refractivity contribution in [2.75, 3.05) is 20.2 Å². The molecular formula is C15H22N2O5. The molecule has 0 saturated heterocycles. The molecule has 0 unspecified atom stereocenters. The maximum Gasteiger partial charge on any atom is 0.341 e. The van der Waals surface area contributed by atoms with E-state index in [4.69, 9.17) is 9.52 Å². The molecule has 1 aliphatic carbocycles. The molecule has 0 amide bonds. The summed E-state index contributed by atoms with van der Waals surface area (Å²) in [5, 5.41) is 12.2. The SMILES string of the molecule is CCN(CC(=O)O)C1CC(NCc2cc(C(=O)OC)co2)C1. The number of esters is 1. The molecule has 122 valence electrons. The molecule has 1 fully saturated rings. The highest BCUT2D eigenvalue weighted by molar-refractivity contribution is 5.88. The van der Waals surface area contributed by atoms with Gasteiger partial charge in [0.15, 0.2) is 0 Å². The molecule has 2 N–H and O–H groups in total. The van der Waals surface area contributed by atoms with Crippen molar-refractivity contribution < 1.29 is 23.8 Å². The topological polar surface area (TPSA) is 92.0 Å². The fraction of sp³-hybridized carbons (Fsp3) is 0.600. The van der Waals surface area contributed by atoms with Gasteiger partial charge in [-0.3, -0.25) is 9.69 Å². The summed E-state index contributed by atoms with van der Waals surface area (Å²) in [6.45, 7) is 3.35. The van der Waals surface area contributed by atoms with Gasteiger partial charge in [0.05, 0.1) is 25.8 Å². The number of carbonyl (C=O) groups excluding carboxylic acids is 1. The standard InChI is InChI=1S/C15H22N2O5/c1-3-17(8-14(18)19)12-5-11(6-12)16-7-13-4-10(9-22-13)15(20)21-2/h4,9,11-12,16H,3,5-8H2,1-2H3,(H,18,19). The second kappa shape index (κ2) is 7.42. The van der Waals surface area contributed by atoms with Crippen LogP contribution in [0.5, 0.6) is 0 Å². The number of ether oxygens (including phenoxy) is 1. The van der Waals surface area contributed by atoms with Gasteiger partial charge in [0, 0.05) is 12.1 Å². The largest absolute Gasteiger partial charge is 0.480 e. The van der Waals surface area contributed by atoms with E-state index in [1.807, 2.05) is 11.8 Å². The molecule has 7 nitrogen and oxygen atoms in total. The van der Waals surface area contributed by atoms with Gasteiger partial charge in [-0.2, -0.15) is 0 Å². The Bertz CT molecular complexity index is 522. The summed E-state index contributed by atoms with van der Waals surface area (Å²) in [4.78, 5) is 24.1. The van der Waals surface area contributed by atoms with Crippen molar-refractivity contribution in [1.82, 2.24) is 10.2 Å². The van der Waals surface area contributed by atoms with Gasteiger partial charge in [0.2, 0.25) is 0 Å². The van der Waals surface area contributed by atoms with Crippen LogP contribution in [0.15, 0.2) is 16.7 Å². The lowest BCUT2D eigenvalue weighted by Crippen LogP contribution is -2.53. The lowest BCUT2D eigenvalue weighted by atomic mass is 9.85. The highest BCUT2D eigenvalue weighted by Gasteiger charge is 2.33. The predicted molar refractivity (Wildman–Crippen MR) is 78.6 cm³/mol. The predicted octanol–water partition coefficient (Wildman–Crippen LogP) is 1.09. The Balaban J connectivity index is 1.73. The number of nitrogens with zero attached hydrogens (tertiary/aromatic N) is 1. The van der Waals surface area contributed by atoms with Crippen LogP contribution in [0, 0.1) is 0 Å². The van der Waals surface area contributed by atoms with Crippen LogP contribution < -0.4 is 5.32 Å². The minimum absolute atomic E-state index is 0.0918. The molecule has 1 aromatic rings. The zero-order chi connectivity index (χ0) is 16.1. The van der Waals surface area contributed by atoms with Crippen LogP contribution in [-0.2, 0) is 16.1 Å². The third-order valence-corrected chi connectivity index (χ3v) is 4.01. The number of aliphatic carboxylic acids is 1. The van der Waals surface area contributed by atoms with Crippen LogP contribution in [-0.4, -0.2) is 54.2 Å². The number of rotatable bonds is 8. The van der Waals surface area contributed by atoms with Crippen molar-refractivity contribution in [3.05, 3.63) is 23.7 Å². The number of furan rings is 1. The van der Waals surface area contributed by atoms with Crippen LogP contribution in [0.1, 0.15) is 35.9 Å². The first-order valence-corrected chi connectivity index (χ1v) is 7.38. The minimum atomic E-state index is -0.788. The molecule has 0 atom stereocenters. The average molecular weight is 310 g/mol. The van der Waals surface area contributed by atoms with Gasteiger partial charge in [-0.1, -0.05) is 6.92 Å². The highest BCUT2D eigenvalue weighted by atomic mass is 16.5. The van der Waals surface area contributed by atoms with Gasteiger partial charge < -0.3 is 19.6 Å². The van der Waals surface area contributed by atoms with Crippen LogP contribution in [0.25, 0.3) is 0 Å². The van der Waals surface area contributed by atoms with Crippen LogP contribution in [0.3, 0.4) is 0 Å². The molecule has 1 heterocycles. The molecule has 2 rings (SSSR count). The van der Waals surface area contributed by atoms with Crippen molar-refractivity contribution in [1.29, 1.82) is 0 Å². The second-order valence-electron chi connectivity index (χ2n) is 5.45. The lowest BCUT2D eigenvalue weighted by molar-refractivity contribution is -0.139. The molecule has 0 radical (unpaired) electrons. The van der Waals surface area contributed by atoms with Crippen LogP contribution >= 0.6 is 0 Å². The average Bonchev–Trinajstić information content (AvgIpc) is 2.91. The summed E-state index contributed by atoms with van der Waals surface area (Å²) in [5.74, 6) is -0.517. The maximum atomic E-state index is 11.3. The lowest BCUT2D eigenvalue weighted by Gasteiger charge is -2.42. The first-order chi connectivity index (χ1) is 10.5. The third-order valence-electron chi connectivity index (χ3n) is 4.01. The van der Waals surface area contributed by atoms with Crippen molar-refractivity contribution in [3.8, 4) is 0 Å². The smallest absolute Gasteiger partial charge is 0.341 e. The number of carboxylic acids is 1. The van der Waals surface area contributed by atoms with Gasteiger partial charge in [-0.25, -0.2) is 4.79 Å². The molecule has 22 heavy (non-hydrogen) atoms. The first kappa shape index (κ1) is 16.5. The van der Waals surface area contributed by atoms with Gasteiger partial charge in [-0.05, 0) is 25.5 Å². The highest BCUT2D eigenvalue weighted by Crippen LogP contribution is 2.26. The van der Waals surface area contributed by atoms with E-state index in [0.717, 1.165) is 19.4 Å². The maximum absolute atomic E-state index is 11.3. The fourth-order valence-corrected chi connectivity index (χ4v) is 2.67. The quantitative estimate of drug-likeness (QED) is 0.694. The summed E-state index contributed by atoms with van der Waals surface area (Å²) in [6.07, 6.45) is 3.23. The Morgan fingerprint density at radius 2 is 2.23 bits per heavy atom. The van der Waals surface area contributed by atoms with E-state index in [0.29, 0.717) is 30.0 Å². The number of hydrogen-bond acceptors (Lipinski definition) is 6. The molecule has 0 aliphatic heterocycles. The summed E-state index contributed by atoms with van der Waals surface area (Å²) in [5.41, 5.74) is 0.407. The normalized spacial score (nSPS) is 20.7. The molecular weight excluding hydrogens is 288 g/mol. The number of methoxy groups -OCH3 is 1. The Kier molecular flexibility index (Phi) is 5.57. The van der Waals surface area contributed by atoms with Gasteiger partial charge in [0.25, 0.3) is 0 Å². The fourth-order valence-electron chi connectivity index (χ4n) is 2.67. The monoisotopic (exact) mass is 310 g/mol. The van der Waals surface area contributed by atoms with Crippen LogP contribution in [0.4, 0.5) is 0 Å². The first-order valence-electron chi connectivity index (χ1n) is 7.38. The second-order valence-corrected chi connectivity index (χ2v) is 5.45. The number of hydrogen-bond donors (Lipinski definition) is 2. The summed E-state index contributed by atoms with van der Waals surface area (Å²) in [7, 11) is 1.33. The van der Waals surface area contributed by atoms with Crippen LogP contribution in [0.2, 0.25) is 0 Å². The molecule has 0 aromatic carbocycles. The van der Waals surface area contributed by atoms with Gasteiger partial charge in [-0.15, -0.1) is 0 Å². The number of carboxylic acid groups (broad SMARTS) is 1. The zero-order valence-electron chi connectivity index (χ0n) is 12.9. The van der Waals surface area contributed by atoms with Crippen molar-refractivity contribution in [3.63, 3.8) is 0 Å². The summed E-state index contributed by atoms with van der Waals surface area (Å²) < 4.78 is 9.92. The van der Waals surface area contributed by atoms with Crippen molar-refractivity contribution >= 4 is 11.9 Å². The molecule has 0 spiro atoms. The molecule has 1 aromatic heterocycles. The van der Waals surface area contributed by atoms with E-state index < -0.39 is 11.9 Å². The summed E-state index contributed by atoms with van der Waals surface area (Å²) in [6, 6.07) is 2.33. The third kappa shape index (κ3) is 4.08. The Hall–Kier alpha value is -1.86. The van der Waals surface area contributed by atoms with E-state index in [2.05, 4.69) is 10.1 Å². The Morgan fingerprint density at radius 3 is 2.82 bits per heavy atom. The van der Waals surface area contributed by atoms with Gasteiger partial charge in [0.1, 0.15) is 12.0 Å². The van der Waals surface area contributed by atoms with Crippen molar-refractivity contribution in [2.24, 2.45) is 0 Å². The molecule has 1 saturated carbocycles. The Morgan fingerprint density at radius 1 is 1.50 bits per heavy atom. The van der Waals surface area contributed by atoms with Crippen molar-refractivity contribution in [2.45, 2.75) is 38.4 Å². The van der Waals surface area contributed by atoms with E-state index in [1.165, 1.54) is 13.4 Å². The van der Waals surface area contributed by atoms with E-state index in [-0.39, 0.29) is 6.54 Å².